The summed E-state index contributed by atoms with van der Waals surface area (Å²) in [5.41, 5.74) is 0.900. The number of hydrogen-bond acceptors (Lipinski definition) is 5. The second-order valence-corrected chi connectivity index (χ2v) is 6.15. The highest BCUT2D eigenvalue weighted by molar-refractivity contribution is 5.34. The van der Waals surface area contributed by atoms with E-state index in [9.17, 15) is 15.3 Å². The van der Waals surface area contributed by atoms with E-state index in [2.05, 4.69) is 0 Å². The highest BCUT2D eigenvalue weighted by atomic mass is 16.5. The van der Waals surface area contributed by atoms with Gasteiger partial charge in [0.2, 0.25) is 0 Å². The molecule has 1 aliphatic heterocycles. The Kier molecular flexibility index (Phi) is 6.74. The summed E-state index contributed by atoms with van der Waals surface area (Å²) in [7, 11) is 0. The van der Waals surface area contributed by atoms with Crippen LogP contribution < -0.4 is 0 Å². The highest BCUT2D eigenvalue weighted by Crippen LogP contribution is 2.35. The lowest BCUT2D eigenvalue weighted by Gasteiger charge is -2.42. The smallest absolute Gasteiger partial charge is 0.0860 e. The molecule has 0 bridgehead atoms. The van der Waals surface area contributed by atoms with Gasteiger partial charge < -0.3 is 25.2 Å². The fraction of sp³-hybridized carbons (Fsp3) is 0.556. The van der Waals surface area contributed by atoms with Crippen molar-refractivity contribution < 1.29 is 25.2 Å². The quantitative estimate of drug-likeness (QED) is 0.603. The van der Waals surface area contributed by atoms with E-state index >= 15 is 0 Å². The topological polar surface area (TPSA) is 90.2 Å². The first-order valence-electron chi connectivity index (χ1n) is 8.05. The van der Waals surface area contributed by atoms with E-state index in [1.54, 1.807) is 6.92 Å². The average Bonchev–Trinajstić information content (AvgIpc) is 2.47. The van der Waals surface area contributed by atoms with Crippen LogP contribution in [0.15, 0.2) is 48.1 Å². The van der Waals surface area contributed by atoms with Gasteiger partial charge in [0.05, 0.1) is 37.1 Å². The summed E-state index contributed by atoms with van der Waals surface area (Å²) in [5.74, 6) is -0.321. The summed E-state index contributed by atoms with van der Waals surface area (Å²) in [6.45, 7) is 1.26. The highest BCUT2D eigenvalue weighted by Gasteiger charge is 2.41. The van der Waals surface area contributed by atoms with Gasteiger partial charge in [-0.1, -0.05) is 42.5 Å². The normalized spacial score (nSPS) is 36.5. The van der Waals surface area contributed by atoms with Gasteiger partial charge in [0.15, 0.2) is 0 Å². The van der Waals surface area contributed by atoms with Gasteiger partial charge in [0.25, 0.3) is 0 Å². The van der Waals surface area contributed by atoms with Crippen LogP contribution in [0.4, 0.5) is 0 Å². The minimum atomic E-state index is -0.920. The summed E-state index contributed by atoms with van der Waals surface area (Å²) < 4.78 is 5.93. The van der Waals surface area contributed by atoms with Crippen LogP contribution in [0.25, 0.3) is 0 Å². The molecule has 0 aromatic rings. The number of aliphatic hydroxyl groups is 4. The van der Waals surface area contributed by atoms with E-state index in [1.165, 1.54) is 0 Å². The molecule has 1 saturated heterocycles. The summed E-state index contributed by atoms with van der Waals surface area (Å²) >= 11 is 0. The number of allylic oxidation sites excluding steroid dienone is 7. The molecule has 6 atom stereocenters. The first kappa shape index (κ1) is 18.1. The summed E-state index contributed by atoms with van der Waals surface area (Å²) in [6.07, 6.45) is 10.6. The third-order valence-electron chi connectivity index (χ3n) is 4.30. The Morgan fingerprint density at radius 3 is 2.57 bits per heavy atom. The molecule has 5 nitrogen and oxygen atoms in total. The van der Waals surface area contributed by atoms with Crippen molar-refractivity contribution in [3.8, 4) is 0 Å². The van der Waals surface area contributed by atoms with Gasteiger partial charge in [0.1, 0.15) is 0 Å². The molecule has 0 saturated carbocycles. The SMILES string of the molecule is CC(O)[C@H]1CC(O)[C@@H](C2=C/C=C\C=C/C=C2)C(C[C@H](O)CO)O1. The van der Waals surface area contributed by atoms with Gasteiger partial charge >= 0.3 is 0 Å². The Labute approximate surface area is 136 Å². The fourth-order valence-electron chi connectivity index (χ4n) is 3.09. The maximum absolute atomic E-state index is 10.6. The van der Waals surface area contributed by atoms with Crippen LogP contribution in [0.3, 0.4) is 0 Å². The van der Waals surface area contributed by atoms with E-state index in [1.807, 2.05) is 42.5 Å². The molecule has 0 spiro atoms. The van der Waals surface area contributed by atoms with Crippen LogP contribution in [-0.2, 0) is 4.74 Å². The van der Waals surface area contributed by atoms with Crippen LogP contribution in [0.1, 0.15) is 19.8 Å². The molecule has 5 heteroatoms. The molecule has 0 aromatic heterocycles. The molecule has 0 aromatic carbocycles. The first-order chi connectivity index (χ1) is 11.0. The zero-order valence-corrected chi connectivity index (χ0v) is 13.3. The van der Waals surface area contributed by atoms with Crippen molar-refractivity contribution in [1.29, 1.82) is 0 Å². The van der Waals surface area contributed by atoms with Crippen LogP contribution in [0.2, 0.25) is 0 Å². The number of aliphatic hydroxyl groups excluding tert-OH is 4. The predicted molar refractivity (Wildman–Crippen MR) is 87.7 cm³/mol. The van der Waals surface area contributed by atoms with Crippen LogP contribution in [0, 0.1) is 5.92 Å². The van der Waals surface area contributed by atoms with Gasteiger partial charge in [0, 0.05) is 18.8 Å². The van der Waals surface area contributed by atoms with Crippen molar-refractivity contribution in [3.63, 3.8) is 0 Å². The van der Waals surface area contributed by atoms with Crippen LogP contribution in [-0.4, -0.2) is 57.6 Å². The van der Waals surface area contributed by atoms with E-state index in [4.69, 9.17) is 9.84 Å². The third kappa shape index (κ3) is 4.86. The zero-order valence-electron chi connectivity index (χ0n) is 13.3. The predicted octanol–water partition coefficient (Wildman–Crippen LogP) is 0.854. The molecule has 0 amide bonds. The van der Waals surface area contributed by atoms with Crippen molar-refractivity contribution in [2.75, 3.05) is 6.61 Å². The van der Waals surface area contributed by atoms with E-state index in [0.29, 0.717) is 6.42 Å². The molecule has 23 heavy (non-hydrogen) atoms. The van der Waals surface area contributed by atoms with Gasteiger partial charge in [-0.2, -0.15) is 0 Å². The van der Waals surface area contributed by atoms with Gasteiger partial charge in [-0.05, 0) is 12.5 Å². The summed E-state index contributed by atoms with van der Waals surface area (Å²) in [5, 5.41) is 39.3. The van der Waals surface area contributed by atoms with Crippen molar-refractivity contribution >= 4 is 0 Å². The van der Waals surface area contributed by atoms with E-state index in [-0.39, 0.29) is 18.9 Å². The van der Waals surface area contributed by atoms with E-state index in [0.717, 1.165) is 5.57 Å². The standard InChI is InChI=1S/C18H26O5/c1-12(20)16-10-15(22)18(17(23-16)9-14(21)11-19)13-7-5-3-2-4-6-8-13/h2-8,12,14-22H,9-11H2,1H3/b3-2-,4-2?,5-3?,6-4-,7-5?,8-6?,13-7?,13-8?/t12?,14-,15?,16+,17?,18+/m0/s1. The first-order valence-corrected chi connectivity index (χ1v) is 8.05. The van der Waals surface area contributed by atoms with Crippen molar-refractivity contribution in [3.05, 3.63) is 48.1 Å². The number of ether oxygens (including phenoxy) is 1. The minimum absolute atomic E-state index is 0.201. The molecule has 0 radical (unpaired) electrons. The molecule has 1 aliphatic carbocycles. The average molecular weight is 322 g/mol. The molecule has 1 heterocycles. The molecule has 2 aliphatic rings. The molecule has 4 N–H and O–H groups in total. The molecular weight excluding hydrogens is 296 g/mol. The lowest BCUT2D eigenvalue weighted by molar-refractivity contribution is -0.165. The van der Waals surface area contributed by atoms with Gasteiger partial charge in [-0.15, -0.1) is 0 Å². The Morgan fingerprint density at radius 1 is 1.17 bits per heavy atom. The second kappa shape index (κ2) is 8.57. The Balaban J connectivity index is 2.25. The Hall–Kier alpha value is -1.24. The second-order valence-electron chi connectivity index (χ2n) is 6.15. The molecular formula is C18H26O5. The Bertz CT molecular complexity index is 492. The lowest BCUT2D eigenvalue weighted by Crippen LogP contribution is -2.49. The van der Waals surface area contributed by atoms with Crippen molar-refractivity contribution in [2.24, 2.45) is 5.92 Å². The molecule has 2 rings (SSSR count). The third-order valence-corrected chi connectivity index (χ3v) is 4.30. The summed E-state index contributed by atoms with van der Waals surface area (Å²) in [6, 6.07) is 0. The molecule has 1 fully saturated rings. The number of hydrogen-bond donors (Lipinski definition) is 4. The lowest BCUT2D eigenvalue weighted by atomic mass is 9.79. The summed E-state index contributed by atoms with van der Waals surface area (Å²) in [4.78, 5) is 0. The monoisotopic (exact) mass is 322 g/mol. The Morgan fingerprint density at radius 2 is 1.87 bits per heavy atom. The minimum Gasteiger partial charge on any atom is -0.394 e. The zero-order chi connectivity index (χ0) is 16.8. The molecule has 3 unspecified atom stereocenters. The van der Waals surface area contributed by atoms with Crippen LogP contribution >= 0.6 is 0 Å². The maximum atomic E-state index is 10.6. The number of rotatable bonds is 5. The van der Waals surface area contributed by atoms with Gasteiger partial charge in [-0.3, -0.25) is 0 Å². The maximum Gasteiger partial charge on any atom is 0.0860 e. The van der Waals surface area contributed by atoms with Crippen LogP contribution in [0.5, 0.6) is 0 Å². The van der Waals surface area contributed by atoms with E-state index < -0.39 is 30.5 Å². The van der Waals surface area contributed by atoms with Gasteiger partial charge in [-0.25, -0.2) is 0 Å². The van der Waals surface area contributed by atoms with Crippen molar-refractivity contribution in [2.45, 2.75) is 50.3 Å². The van der Waals surface area contributed by atoms with Crippen molar-refractivity contribution in [1.82, 2.24) is 0 Å². The molecule has 128 valence electrons. The fourth-order valence-corrected chi connectivity index (χ4v) is 3.09. The largest absolute Gasteiger partial charge is 0.394 e.